The van der Waals surface area contributed by atoms with E-state index in [4.69, 9.17) is 9.84 Å². The summed E-state index contributed by atoms with van der Waals surface area (Å²) < 4.78 is 5.41. The van der Waals surface area contributed by atoms with E-state index in [2.05, 4.69) is 20.8 Å². The Balaban J connectivity index is 1.35. The van der Waals surface area contributed by atoms with Crippen molar-refractivity contribution in [3.63, 3.8) is 0 Å². The fraction of sp³-hybridized carbons (Fsp3) is 0.250. The lowest BCUT2D eigenvalue weighted by Crippen LogP contribution is -2.48. The number of aromatic nitrogens is 2. The summed E-state index contributed by atoms with van der Waals surface area (Å²) in [6, 6.07) is 15.8. The molecule has 10 heteroatoms. The van der Waals surface area contributed by atoms with E-state index in [1.807, 2.05) is 48.5 Å². The second-order valence-corrected chi connectivity index (χ2v) is 7.95. The summed E-state index contributed by atoms with van der Waals surface area (Å²) in [7, 11) is 0. The second-order valence-electron chi connectivity index (χ2n) is 7.95. The predicted octanol–water partition coefficient (Wildman–Crippen LogP) is 1.74. The number of ether oxygens (including phenoxy) is 1. The average molecular weight is 464 g/mol. The van der Waals surface area contributed by atoms with E-state index in [-0.39, 0.29) is 24.6 Å². The lowest BCUT2D eigenvalue weighted by Gasteiger charge is -2.18. The summed E-state index contributed by atoms with van der Waals surface area (Å²) >= 11 is 0. The normalized spacial score (nSPS) is 12.9. The van der Waals surface area contributed by atoms with Crippen molar-refractivity contribution in [1.82, 2.24) is 20.8 Å². The maximum Gasteiger partial charge on any atom is 0.407 e. The molecule has 0 bridgehead atoms. The molecule has 1 aromatic heterocycles. The van der Waals surface area contributed by atoms with Crippen molar-refractivity contribution in [2.24, 2.45) is 0 Å². The highest BCUT2D eigenvalue weighted by molar-refractivity contribution is 5.89. The van der Waals surface area contributed by atoms with Crippen molar-refractivity contribution in [2.75, 3.05) is 13.2 Å². The number of aromatic amines is 2. The molecular formula is C24H24N4O6. The zero-order chi connectivity index (χ0) is 24.1. The van der Waals surface area contributed by atoms with Crippen molar-refractivity contribution < 1.29 is 24.2 Å². The first kappa shape index (κ1) is 22.8. The third-order valence-corrected chi connectivity index (χ3v) is 5.68. The Morgan fingerprint density at radius 1 is 1.00 bits per heavy atom. The van der Waals surface area contributed by atoms with E-state index in [9.17, 15) is 19.2 Å². The van der Waals surface area contributed by atoms with Gasteiger partial charge in [0.25, 0.3) is 5.56 Å². The van der Waals surface area contributed by atoms with Crippen molar-refractivity contribution in [3.8, 4) is 11.1 Å². The minimum absolute atomic E-state index is 0.0438. The third-order valence-electron chi connectivity index (χ3n) is 5.68. The van der Waals surface area contributed by atoms with Crippen molar-refractivity contribution in [1.29, 1.82) is 0 Å². The number of carboxylic acids is 1. The van der Waals surface area contributed by atoms with Crippen LogP contribution in [0.2, 0.25) is 0 Å². The van der Waals surface area contributed by atoms with Crippen LogP contribution < -0.4 is 16.2 Å². The standard InChI is InChI=1S/C24H24N4O6/c29-21-11-14(27-28-21)9-10-25-23(32)20(12-22(30)31)26-24(33)34-13-19-17-7-3-1-5-15(17)16-6-2-4-8-18(16)19/h1-8,11,19-20H,9-10,12-13H2,(H,25,32)(H,26,33)(H,30,31)(H2,27,28,29). The molecule has 4 rings (SSSR count). The van der Waals surface area contributed by atoms with Crippen LogP contribution in [0.5, 0.6) is 0 Å². The van der Waals surface area contributed by atoms with Gasteiger partial charge in [-0.2, -0.15) is 0 Å². The monoisotopic (exact) mass is 464 g/mol. The Kier molecular flexibility index (Phi) is 6.77. The molecule has 176 valence electrons. The molecule has 1 unspecified atom stereocenters. The van der Waals surface area contributed by atoms with Crippen molar-refractivity contribution in [3.05, 3.63) is 81.8 Å². The summed E-state index contributed by atoms with van der Waals surface area (Å²) in [5, 5.41) is 19.1. The number of carbonyl (C=O) groups is 3. The SMILES string of the molecule is O=C(O)CC(NC(=O)OCC1c2ccccc2-c2ccccc21)C(=O)NCCc1cc(=O)[nH][nH]1. The first-order valence-corrected chi connectivity index (χ1v) is 10.8. The molecule has 3 aromatic rings. The van der Waals surface area contributed by atoms with Gasteiger partial charge in [-0.25, -0.2) is 4.79 Å². The van der Waals surface area contributed by atoms with Gasteiger partial charge >= 0.3 is 12.1 Å². The summed E-state index contributed by atoms with van der Waals surface area (Å²) in [4.78, 5) is 47.3. The number of carbonyl (C=O) groups excluding carboxylic acids is 2. The molecule has 0 spiro atoms. The Morgan fingerprint density at radius 2 is 1.65 bits per heavy atom. The topological polar surface area (TPSA) is 153 Å². The molecule has 1 aliphatic rings. The van der Waals surface area contributed by atoms with Crippen LogP contribution in [0.4, 0.5) is 4.79 Å². The molecule has 0 aliphatic heterocycles. The maximum atomic E-state index is 12.5. The van der Waals surface area contributed by atoms with Crippen LogP contribution in [0, 0.1) is 0 Å². The van der Waals surface area contributed by atoms with Gasteiger partial charge in [0.05, 0.1) is 6.42 Å². The largest absolute Gasteiger partial charge is 0.481 e. The molecular weight excluding hydrogens is 440 g/mol. The molecule has 0 saturated carbocycles. The number of alkyl carbamates (subject to hydrolysis) is 1. The molecule has 1 atom stereocenters. The molecule has 2 aromatic carbocycles. The summed E-state index contributed by atoms with van der Waals surface area (Å²) in [5.74, 6) is -2.06. The van der Waals surface area contributed by atoms with Gasteiger partial charge in [0, 0.05) is 30.6 Å². The molecule has 0 radical (unpaired) electrons. The smallest absolute Gasteiger partial charge is 0.407 e. The highest BCUT2D eigenvalue weighted by atomic mass is 16.5. The van der Waals surface area contributed by atoms with Gasteiger partial charge in [-0.05, 0) is 22.3 Å². The number of rotatable bonds is 9. The van der Waals surface area contributed by atoms with Gasteiger partial charge in [0.2, 0.25) is 5.91 Å². The third kappa shape index (κ3) is 5.17. The number of amides is 2. The van der Waals surface area contributed by atoms with Crippen LogP contribution in [-0.4, -0.2) is 52.5 Å². The van der Waals surface area contributed by atoms with Gasteiger partial charge in [-0.15, -0.1) is 0 Å². The minimum Gasteiger partial charge on any atom is -0.481 e. The molecule has 34 heavy (non-hydrogen) atoms. The first-order chi connectivity index (χ1) is 16.4. The molecule has 2 amide bonds. The van der Waals surface area contributed by atoms with Crippen LogP contribution in [-0.2, 0) is 20.7 Å². The molecule has 5 N–H and O–H groups in total. The number of fused-ring (bicyclic) bond motifs is 3. The Hall–Kier alpha value is -4.34. The molecule has 1 aliphatic carbocycles. The van der Waals surface area contributed by atoms with Crippen molar-refractivity contribution >= 4 is 18.0 Å². The molecule has 10 nitrogen and oxygen atoms in total. The Labute approximate surface area is 194 Å². The number of H-pyrrole nitrogens is 2. The van der Waals surface area contributed by atoms with E-state index in [0.29, 0.717) is 12.1 Å². The molecule has 0 fully saturated rings. The van der Waals surface area contributed by atoms with Crippen LogP contribution >= 0.6 is 0 Å². The van der Waals surface area contributed by atoms with Crippen LogP contribution in [0.3, 0.4) is 0 Å². The number of carboxylic acid groups (broad SMARTS) is 1. The van der Waals surface area contributed by atoms with Gasteiger partial charge in [0.15, 0.2) is 0 Å². The molecule has 0 saturated heterocycles. The van der Waals surface area contributed by atoms with E-state index < -0.39 is 30.4 Å². The fourth-order valence-corrected chi connectivity index (χ4v) is 4.12. The maximum absolute atomic E-state index is 12.5. The van der Waals surface area contributed by atoms with E-state index in [1.54, 1.807) is 0 Å². The van der Waals surface area contributed by atoms with E-state index >= 15 is 0 Å². The summed E-state index contributed by atoms with van der Waals surface area (Å²) in [6.07, 6.45) is -1.15. The summed E-state index contributed by atoms with van der Waals surface area (Å²) in [6.45, 7) is 0.192. The number of aliphatic carboxylic acids is 1. The second kappa shape index (κ2) is 10.1. The minimum atomic E-state index is -1.31. The number of benzene rings is 2. The lowest BCUT2D eigenvalue weighted by atomic mass is 9.98. The van der Waals surface area contributed by atoms with Gasteiger partial charge in [-0.3, -0.25) is 19.5 Å². The number of nitrogens with one attached hydrogen (secondary N) is 4. The van der Waals surface area contributed by atoms with Gasteiger partial charge in [0.1, 0.15) is 12.6 Å². The number of hydrogen-bond donors (Lipinski definition) is 5. The predicted molar refractivity (Wildman–Crippen MR) is 122 cm³/mol. The van der Waals surface area contributed by atoms with Crippen LogP contribution in [0.15, 0.2) is 59.4 Å². The van der Waals surface area contributed by atoms with Crippen molar-refractivity contribution in [2.45, 2.75) is 24.8 Å². The van der Waals surface area contributed by atoms with Crippen LogP contribution in [0.25, 0.3) is 11.1 Å². The van der Waals surface area contributed by atoms with Gasteiger partial charge in [-0.1, -0.05) is 48.5 Å². The Morgan fingerprint density at radius 3 is 2.24 bits per heavy atom. The highest BCUT2D eigenvalue weighted by Crippen LogP contribution is 2.44. The zero-order valence-electron chi connectivity index (χ0n) is 18.2. The van der Waals surface area contributed by atoms with E-state index in [1.165, 1.54) is 6.07 Å². The van der Waals surface area contributed by atoms with E-state index in [0.717, 1.165) is 22.3 Å². The van der Waals surface area contributed by atoms with Gasteiger partial charge < -0.3 is 25.6 Å². The fourth-order valence-electron chi connectivity index (χ4n) is 4.12. The zero-order valence-corrected chi connectivity index (χ0v) is 18.2. The lowest BCUT2D eigenvalue weighted by molar-refractivity contribution is -0.139. The quantitative estimate of drug-likeness (QED) is 0.325. The first-order valence-electron chi connectivity index (χ1n) is 10.8. The number of hydrogen-bond acceptors (Lipinski definition) is 5. The summed E-state index contributed by atoms with van der Waals surface area (Å²) in [5.41, 5.74) is 4.54. The highest BCUT2D eigenvalue weighted by Gasteiger charge is 2.30. The average Bonchev–Trinajstić information content (AvgIpc) is 3.37. The van der Waals surface area contributed by atoms with Crippen LogP contribution in [0.1, 0.15) is 29.2 Å². The molecule has 1 heterocycles. The Bertz CT molecular complexity index is 1220.